The third-order valence-corrected chi connectivity index (χ3v) is 2.38. The molecule has 0 saturated carbocycles. The number of allylic oxidation sites excluding steroid dienone is 4. The first-order valence-electron chi connectivity index (χ1n) is 3.18. The molecule has 0 heterocycles. The predicted octanol–water partition coefficient (Wildman–Crippen LogP) is 2.52. The van der Waals surface area contributed by atoms with Crippen LogP contribution in [0.3, 0.4) is 0 Å². The highest BCUT2D eigenvalue weighted by molar-refractivity contribution is 9.10. The normalized spacial score (nSPS) is 37.5. The molecule has 0 fully saturated rings. The highest BCUT2D eigenvalue weighted by Crippen LogP contribution is 2.31. The Kier molecular flexibility index (Phi) is 2.01. The van der Waals surface area contributed by atoms with Crippen LogP contribution in [0.4, 0.5) is 0 Å². The Bertz CT molecular complexity index is 215. The Morgan fingerprint density at radius 3 is 2.70 bits per heavy atom. The van der Waals surface area contributed by atoms with Crippen LogP contribution < -0.4 is 0 Å². The van der Waals surface area contributed by atoms with E-state index in [1.165, 1.54) is 0 Å². The standard InChI is InChI=1S/C9H9Br/c1-3-8-6-4-5-7-9(8,2)10/h1,4-8H,2H3. The fourth-order valence-corrected chi connectivity index (χ4v) is 1.37. The number of terminal acetylenes is 1. The van der Waals surface area contributed by atoms with Gasteiger partial charge < -0.3 is 0 Å². The van der Waals surface area contributed by atoms with E-state index < -0.39 is 0 Å². The molecule has 1 aliphatic carbocycles. The summed E-state index contributed by atoms with van der Waals surface area (Å²) >= 11 is 3.54. The van der Waals surface area contributed by atoms with Crippen molar-refractivity contribution in [1.82, 2.24) is 0 Å². The molecule has 0 aliphatic heterocycles. The summed E-state index contributed by atoms with van der Waals surface area (Å²) in [6.07, 6.45) is 13.4. The van der Waals surface area contributed by atoms with Gasteiger partial charge in [0, 0.05) is 0 Å². The third kappa shape index (κ3) is 1.33. The van der Waals surface area contributed by atoms with Gasteiger partial charge in [-0.2, -0.15) is 0 Å². The van der Waals surface area contributed by atoms with Crippen LogP contribution in [0.5, 0.6) is 0 Å². The second kappa shape index (κ2) is 2.64. The highest BCUT2D eigenvalue weighted by atomic mass is 79.9. The number of alkyl halides is 1. The summed E-state index contributed by atoms with van der Waals surface area (Å²) in [5.74, 6) is 2.89. The quantitative estimate of drug-likeness (QED) is 0.413. The van der Waals surface area contributed by atoms with E-state index in [9.17, 15) is 0 Å². The zero-order valence-corrected chi connectivity index (χ0v) is 7.43. The number of halogens is 1. The van der Waals surface area contributed by atoms with Crippen molar-refractivity contribution in [3.63, 3.8) is 0 Å². The van der Waals surface area contributed by atoms with Crippen LogP contribution in [0, 0.1) is 18.3 Å². The lowest BCUT2D eigenvalue weighted by Gasteiger charge is -2.24. The first-order chi connectivity index (χ1) is 4.67. The fraction of sp³-hybridized carbons (Fsp3) is 0.333. The van der Waals surface area contributed by atoms with E-state index in [1.807, 2.05) is 18.2 Å². The molecule has 0 spiro atoms. The van der Waals surface area contributed by atoms with E-state index >= 15 is 0 Å². The van der Waals surface area contributed by atoms with Crippen molar-refractivity contribution in [2.75, 3.05) is 0 Å². The van der Waals surface area contributed by atoms with Gasteiger partial charge in [0.15, 0.2) is 0 Å². The molecular weight excluding hydrogens is 188 g/mol. The smallest absolute Gasteiger partial charge is 0.0583 e. The lowest BCUT2D eigenvalue weighted by Crippen LogP contribution is -2.23. The molecule has 1 aliphatic rings. The van der Waals surface area contributed by atoms with Crippen molar-refractivity contribution < 1.29 is 0 Å². The Morgan fingerprint density at radius 1 is 1.60 bits per heavy atom. The lowest BCUT2D eigenvalue weighted by molar-refractivity contribution is 0.692. The van der Waals surface area contributed by atoms with Crippen molar-refractivity contribution in [3.05, 3.63) is 24.3 Å². The van der Waals surface area contributed by atoms with Gasteiger partial charge in [-0.1, -0.05) is 46.2 Å². The maximum Gasteiger partial charge on any atom is 0.0583 e. The van der Waals surface area contributed by atoms with Crippen LogP contribution in [0.25, 0.3) is 0 Å². The van der Waals surface area contributed by atoms with Crippen molar-refractivity contribution in [2.24, 2.45) is 5.92 Å². The summed E-state index contributed by atoms with van der Waals surface area (Å²) in [6, 6.07) is 0. The summed E-state index contributed by atoms with van der Waals surface area (Å²) in [5, 5.41) is 0. The minimum Gasteiger partial charge on any atom is -0.119 e. The molecular formula is C9H9Br. The van der Waals surface area contributed by atoms with Crippen LogP contribution >= 0.6 is 15.9 Å². The second-order valence-corrected chi connectivity index (χ2v) is 4.25. The molecule has 0 amide bonds. The molecule has 0 aromatic heterocycles. The summed E-state index contributed by atoms with van der Waals surface area (Å²) in [7, 11) is 0. The van der Waals surface area contributed by atoms with E-state index in [0.717, 1.165) is 0 Å². The molecule has 0 saturated heterocycles. The molecule has 2 unspecified atom stereocenters. The molecule has 0 aromatic rings. The topological polar surface area (TPSA) is 0 Å². The third-order valence-electron chi connectivity index (χ3n) is 1.62. The molecule has 0 N–H and O–H groups in total. The largest absolute Gasteiger partial charge is 0.119 e. The van der Waals surface area contributed by atoms with Crippen LogP contribution in [-0.2, 0) is 0 Å². The summed E-state index contributed by atoms with van der Waals surface area (Å²) in [6.45, 7) is 2.07. The zero-order chi connectivity index (χ0) is 7.61. The maximum absolute atomic E-state index is 5.31. The molecule has 1 rings (SSSR count). The summed E-state index contributed by atoms with van der Waals surface area (Å²) < 4.78 is -0.0451. The van der Waals surface area contributed by atoms with Gasteiger partial charge in [0.1, 0.15) is 0 Å². The van der Waals surface area contributed by atoms with Gasteiger partial charge in [0.2, 0.25) is 0 Å². The van der Waals surface area contributed by atoms with Gasteiger partial charge in [-0.25, -0.2) is 0 Å². The predicted molar refractivity (Wildman–Crippen MR) is 47.9 cm³/mol. The van der Waals surface area contributed by atoms with Crippen LogP contribution in [0.1, 0.15) is 6.92 Å². The summed E-state index contributed by atoms with van der Waals surface area (Å²) in [5.41, 5.74) is 0. The Balaban J connectivity index is 2.87. The zero-order valence-electron chi connectivity index (χ0n) is 5.84. The molecule has 0 aromatic carbocycles. The molecule has 0 nitrogen and oxygen atoms in total. The Morgan fingerprint density at radius 2 is 2.30 bits per heavy atom. The van der Waals surface area contributed by atoms with Crippen LogP contribution in [0.2, 0.25) is 0 Å². The van der Waals surface area contributed by atoms with Gasteiger partial charge in [0.25, 0.3) is 0 Å². The fourth-order valence-electron chi connectivity index (χ4n) is 0.929. The molecule has 52 valence electrons. The first-order valence-corrected chi connectivity index (χ1v) is 3.97. The average Bonchev–Trinajstić information content (AvgIpc) is 1.87. The molecule has 0 bridgehead atoms. The maximum atomic E-state index is 5.31. The van der Waals surface area contributed by atoms with Gasteiger partial charge >= 0.3 is 0 Å². The van der Waals surface area contributed by atoms with Crippen molar-refractivity contribution >= 4 is 15.9 Å². The first kappa shape index (κ1) is 7.63. The van der Waals surface area contributed by atoms with Crippen molar-refractivity contribution in [1.29, 1.82) is 0 Å². The number of hydrogen-bond donors (Lipinski definition) is 0. The number of hydrogen-bond acceptors (Lipinski definition) is 0. The van der Waals surface area contributed by atoms with E-state index in [0.29, 0.717) is 0 Å². The van der Waals surface area contributed by atoms with E-state index in [1.54, 1.807) is 0 Å². The molecule has 10 heavy (non-hydrogen) atoms. The Hall–Kier alpha value is -0.480. The van der Waals surface area contributed by atoms with E-state index in [2.05, 4.69) is 34.9 Å². The van der Waals surface area contributed by atoms with Gasteiger partial charge in [-0.15, -0.1) is 6.42 Å². The average molecular weight is 197 g/mol. The van der Waals surface area contributed by atoms with Crippen LogP contribution in [-0.4, -0.2) is 4.32 Å². The van der Waals surface area contributed by atoms with E-state index in [-0.39, 0.29) is 10.2 Å². The van der Waals surface area contributed by atoms with Gasteiger partial charge in [-0.05, 0) is 6.92 Å². The summed E-state index contributed by atoms with van der Waals surface area (Å²) in [4.78, 5) is 0. The molecule has 0 radical (unpaired) electrons. The minimum absolute atomic E-state index is 0.0451. The molecule has 1 heteroatoms. The lowest BCUT2D eigenvalue weighted by atomic mass is 9.91. The highest BCUT2D eigenvalue weighted by Gasteiger charge is 2.26. The Labute approximate surface area is 70.1 Å². The second-order valence-electron chi connectivity index (χ2n) is 2.54. The van der Waals surface area contributed by atoms with E-state index in [4.69, 9.17) is 6.42 Å². The monoisotopic (exact) mass is 196 g/mol. The van der Waals surface area contributed by atoms with Gasteiger partial charge in [0.05, 0.1) is 10.2 Å². The van der Waals surface area contributed by atoms with Crippen LogP contribution in [0.15, 0.2) is 24.3 Å². The minimum atomic E-state index is -0.0451. The van der Waals surface area contributed by atoms with Crippen molar-refractivity contribution in [3.8, 4) is 12.3 Å². The van der Waals surface area contributed by atoms with Gasteiger partial charge in [-0.3, -0.25) is 0 Å². The van der Waals surface area contributed by atoms with Crippen molar-refractivity contribution in [2.45, 2.75) is 11.2 Å². The molecule has 2 atom stereocenters. The SMILES string of the molecule is C#CC1C=CC=CC1(C)Br. The number of rotatable bonds is 0.